The second-order valence-corrected chi connectivity index (χ2v) is 6.82. The molecular formula is C12H15F3N2O3S. The average Bonchev–Trinajstić information content (AvgIpc) is 2.86. The van der Waals surface area contributed by atoms with E-state index in [2.05, 4.69) is 4.98 Å². The van der Waals surface area contributed by atoms with E-state index < -0.39 is 28.4 Å². The van der Waals surface area contributed by atoms with E-state index in [9.17, 15) is 21.6 Å². The lowest BCUT2D eigenvalue weighted by Gasteiger charge is -2.17. The van der Waals surface area contributed by atoms with Crippen molar-refractivity contribution in [2.45, 2.75) is 25.1 Å². The standard InChI is InChI=1S/C12H15F3N2O3S/c13-12(14,15)5-8-21(18,19)17-7-4-10(9-17)20-11-3-1-2-6-16-11/h1-3,6,10H,4-5,7-9H2. The van der Waals surface area contributed by atoms with Gasteiger partial charge < -0.3 is 4.74 Å². The number of halogens is 3. The van der Waals surface area contributed by atoms with E-state index in [-0.39, 0.29) is 19.2 Å². The van der Waals surface area contributed by atoms with Crippen LogP contribution in [0.25, 0.3) is 0 Å². The van der Waals surface area contributed by atoms with Crippen molar-refractivity contribution in [3.63, 3.8) is 0 Å². The van der Waals surface area contributed by atoms with Crippen molar-refractivity contribution in [1.29, 1.82) is 0 Å². The first-order valence-electron chi connectivity index (χ1n) is 6.38. The highest BCUT2D eigenvalue weighted by Gasteiger charge is 2.36. The summed E-state index contributed by atoms with van der Waals surface area (Å²) in [7, 11) is -3.91. The van der Waals surface area contributed by atoms with Crippen LogP contribution >= 0.6 is 0 Å². The Morgan fingerprint density at radius 1 is 1.38 bits per heavy atom. The zero-order valence-corrected chi connectivity index (χ0v) is 11.9. The molecule has 0 N–H and O–H groups in total. The summed E-state index contributed by atoms with van der Waals surface area (Å²) in [6.45, 7) is 0.217. The molecule has 2 rings (SSSR count). The molecule has 5 nitrogen and oxygen atoms in total. The summed E-state index contributed by atoms with van der Waals surface area (Å²) in [5.41, 5.74) is 0. The van der Waals surface area contributed by atoms with Crippen LogP contribution in [-0.2, 0) is 10.0 Å². The molecule has 1 aromatic heterocycles. The number of rotatable bonds is 5. The number of alkyl halides is 3. The topological polar surface area (TPSA) is 59.5 Å². The lowest BCUT2D eigenvalue weighted by molar-refractivity contribution is -0.130. The van der Waals surface area contributed by atoms with Gasteiger partial charge in [0.1, 0.15) is 6.10 Å². The first kappa shape index (κ1) is 16.0. The van der Waals surface area contributed by atoms with Gasteiger partial charge in [-0.1, -0.05) is 6.07 Å². The van der Waals surface area contributed by atoms with Crippen LogP contribution in [0.3, 0.4) is 0 Å². The maximum atomic E-state index is 12.1. The highest BCUT2D eigenvalue weighted by atomic mass is 32.2. The van der Waals surface area contributed by atoms with Gasteiger partial charge in [-0.2, -0.15) is 17.5 Å². The first-order chi connectivity index (χ1) is 9.76. The summed E-state index contributed by atoms with van der Waals surface area (Å²) in [6, 6.07) is 5.09. The molecule has 0 aliphatic carbocycles. The van der Waals surface area contributed by atoms with E-state index in [1.807, 2.05) is 0 Å². The van der Waals surface area contributed by atoms with Crippen molar-refractivity contribution >= 4 is 10.0 Å². The summed E-state index contributed by atoms with van der Waals surface area (Å²) < 4.78 is 66.6. The van der Waals surface area contributed by atoms with Crippen molar-refractivity contribution in [3.05, 3.63) is 24.4 Å². The number of pyridine rings is 1. The summed E-state index contributed by atoms with van der Waals surface area (Å²) >= 11 is 0. The molecule has 1 aromatic rings. The van der Waals surface area contributed by atoms with E-state index in [0.717, 1.165) is 4.31 Å². The van der Waals surface area contributed by atoms with Gasteiger partial charge in [-0.15, -0.1) is 0 Å². The van der Waals surface area contributed by atoms with Crippen molar-refractivity contribution in [1.82, 2.24) is 9.29 Å². The molecule has 1 unspecified atom stereocenters. The second-order valence-electron chi connectivity index (χ2n) is 4.74. The minimum absolute atomic E-state index is 0.0523. The maximum Gasteiger partial charge on any atom is 0.390 e. The Kier molecular flexibility index (Phi) is 4.72. The molecule has 1 aliphatic rings. The number of aromatic nitrogens is 1. The van der Waals surface area contributed by atoms with Gasteiger partial charge in [-0.05, 0) is 12.5 Å². The van der Waals surface area contributed by atoms with Crippen LogP contribution in [0.15, 0.2) is 24.4 Å². The van der Waals surface area contributed by atoms with Crippen molar-refractivity contribution in [3.8, 4) is 5.88 Å². The van der Waals surface area contributed by atoms with Crippen molar-refractivity contribution in [2.75, 3.05) is 18.8 Å². The quantitative estimate of drug-likeness (QED) is 0.829. The van der Waals surface area contributed by atoms with Crippen LogP contribution in [0.1, 0.15) is 12.8 Å². The summed E-state index contributed by atoms with van der Waals surface area (Å²) in [5, 5.41) is 0. The smallest absolute Gasteiger partial charge is 0.390 e. The molecule has 1 saturated heterocycles. The number of sulfonamides is 1. The molecule has 2 heterocycles. The van der Waals surface area contributed by atoms with Gasteiger partial charge in [-0.25, -0.2) is 13.4 Å². The first-order valence-corrected chi connectivity index (χ1v) is 7.99. The van der Waals surface area contributed by atoms with Gasteiger partial charge in [0.05, 0.1) is 18.7 Å². The van der Waals surface area contributed by atoms with E-state index >= 15 is 0 Å². The molecule has 1 aliphatic heterocycles. The monoisotopic (exact) mass is 324 g/mol. The van der Waals surface area contributed by atoms with Crippen LogP contribution in [-0.4, -0.2) is 48.8 Å². The van der Waals surface area contributed by atoms with Crippen LogP contribution in [0.2, 0.25) is 0 Å². The molecule has 21 heavy (non-hydrogen) atoms. The van der Waals surface area contributed by atoms with E-state index in [4.69, 9.17) is 4.74 Å². The largest absolute Gasteiger partial charge is 0.473 e. The molecular weight excluding hydrogens is 309 g/mol. The summed E-state index contributed by atoms with van der Waals surface area (Å²) in [4.78, 5) is 3.96. The van der Waals surface area contributed by atoms with Crippen molar-refractivity contribution in [2.24, 2.45) is 0 Å². The van der Waals surface area contributed by atoms with E-state index in [1.54, 1.807) is 24.4 Å². The Morgan fingerprint density at radius 3 is 2.76 bits per heavy atom. The zero-order chi connectivity index (χ0) is 15.5. The van der Waals surface area contributed by atoms with Gasteiger partial charge >= 0.3 is 6.18 Å². The molecule has 118 valence electrons. The Hall–Kier alpha value is -1.35. The number of hydrogen-bond donors (Lipinski definition) is 0. The average molecular weight is 324 g/mol. The minimum Gasteiger partial charge on any atom is -0.473 e. The predicted octanol–water partition coefficient (Wildman–Crippen LogP) is 1.82. The molecule has 0 radical (unpaired) electrons. The normalized spacial score (nSPS) is 20.6. The van der Waals surface area contributed by atoms with E-state index in [1.165, 1.54) is 0 Å². The van der Waals surface area contributed by atoms with Crippen LogP contribution in [0.5, 0.6) is 5.88 Å². The third kappa shape index (κ3) is 4.85. The minimum atomic E-state index is -4.48. The fourth-order valence-electron chi connectivity index (χ4n) is 2.01. The molecule has 9 heteroatoms. The Balaban J connectivity index is 1.89. The Morgan fingerprint density at radius 2 is 2.14 bits per heavy atom. The number of nitrogens with zero attached hydrogens (tertiary/aromatic N) is 2. The predicted molar refractivity (Wildman–Crippen MR) is 69.3 cm³/mol. The molecule has 1 atom stereocenters. The molecule has 0 aromatic carbocycles. The SMILES string of the molecule is O=S(=O)(CCC(F)(F)F)N1CCC(Oc2ccccn2)C1. The number of ether oxygens (including phenoxy) is 1. The number of hydrogen-bond acceptors (Lipinski definition) is 4. The van der Waals surface area contributed by atoms with Crippen molar-refractivity contribution < 1.29 is 26.3 Å². The van der Waals surface area contributed by atoms with E-state index in [0.29, 0.717) is 12.3 Å². The molecule has 0 amide bonds. The fourth-order valence-corrected chi connectivity index (χ4v) is 3.53. The molecule has 0 spiro atoms. The lowest BCUT2D eigenvalue weighted by atomic mass is 10.3. The fraction of sp³-hybridized carbons (Fsp3) is 0.583. The third-order valence-electron chi connectivity index (χ3n) is 3.07. The zero-order valence-electron chi connectivity index (χ0n) is 11.1. The highest BCUT2D eigenvalue weighted by molar-refractivity contribution is 7.89. The van der Waals surface area contributed by atoms with Gasteiger partial charge in [0.25, 0.3) is 0 Å². The summed E-state index contributed by atoms with van der Waals surface area (Å²) in [6.07, 6.45) is -4.22. The van der Waals surface area contributed by atoms with Gasteiger partial charge in [0, 0.05) is 18.8 Å². The third-order valence-corrected chi connectivity index (χ3v) is 4.91. The van der Waals surface area contributed by atoms with Crippen LogP contribution < -0.4 is 4.74 Å². The van der Waals surface area contributed by atoms with Crippen LogP contribution in [0, 0.1) is 0 Å². The molecule has 1 fully saturated rings. The Bertz CT molecular complexity index is 563. The summed E-state index contributed by atoms with van der Waals surface area (Å²) in [5.74, 6) is -0.552. The van der Waals surface area contributed by atoms with Gasteiger partial charge in [0.2, 0.25) is 15.9 Å². The van der Waals surface area contributed by atoms with Crippen LogP contribution in [0.4, 0.5) is 13.2 Å². The second kappa shape index (κ2) is 6.18. The van der Waals surface area contributed by atoms with Gasteiger partial charge in [-0.3, -0.25) is 0 Å². The highest BCUT2D eigenvalue weighted by Crippen LogP contribution is 2.24. The Labute approximate surface area is 120 Å². The maximum absolute atomic E-state index is 12.1. The molecule has 0 bridgehead atoms. The lowest BCUT2D eigenvalue weighted by Crippen LogP contribution is -2.34. The van der Waals surface area contributed by atoms with Gasteiger partial charge in [0.15, 0.2) is 0 Å². The molecule has 0 saturated carbocycles.